The van der Waals surface area contributed by atoms with Crippen LogP contribution in [-0.4, -0.2) is 28.9 Å². The molecular weight excluding hydrogens is 367 g/mol. The van der Waals surface area contributed by atoms with Gasteiger partial charge in [-0.25, -0.2) is 9.69 Å². The first-order valence-electron chi connectivity index (χ1n) is 7.28. The summed E-state index contributed by atoms with van der Waals surface area (Å²) in [5.41, 5.74) is 0.704. The van der Waals surface area contributed by atoms with Crippen LogP contribution in [0.1, 0.15) is 16.8 Å². The Kier molecular flexibility index (Phi) is 4.65. The van der Waals surface area contributed by atoms with E-state index in [0.29, 0.717) is 15.7 Å². The number of hydrogen-bond acceptors (Lipinski definition) is 4. The SMILES string of the molecule is O=C(O)c1cccc(N2C(=O)CC(Nc3ccc(Cl)cc3Cl)C2=O)c1. The van der Waals surface area contributed by atoms with E-state index < -0.39 is 23.8 Å². The molecule has 128 valence electrons. The van der Waals surface area contributed by atoms with Gasteiger partial charge in [0, 0.05) is 5.02 Å². The summed E-state index contributed by atoms with van der Waals surface area (Å²) in [4.78, 5) is 36.9. The standard InChI is InChI=1S/C17H12Cl2N2O4/c18-10-4-5-13(12(19)7-10)20-14-8-15(22)21(16(14)23)11-3-1-2-9(6-11)17(24)25/h1-7,14,20H,8H2,(H,24,25). The van der Waals surface area contributed by atoms with E-state index in [4.69, 9.17) is 28.3 Å². The summed E-state index contributed by atoms with van der Waals surface area (Å²) in [7, 11) is 0. The summed E-state index contributed by atoms with van der Waals surface area (Å²) in [5, 5.41) is 12.8. The smallest absolute Gasteiger partial charge is 0.335 e. The van der Waals surface area contributed by atoms with E-state index in [9.17, 15) is 14.4 Å². The number of carboxylic acid groups (broad SMARTS) is 1. The highest BCUT2D eigenvalue weighted by Crippen LogP contribution is 2.30. The zero-order chi connectivity index (χ0) is 18.1. The van der Waals surface area contributed by atoms with E-state index in [2.05, 4.69) is 5.32 Å². The minimum Gasteiger partial charge on any atom is -0.478 e. The number of carbonyl (C=O) groups excluding carboxylic acids is 2. The molecule has 1 heterocycles. The summed E-state index contributed by atoms with van der Waals surface area (Å²) >= 11 is 11.9. The molecule has 0 spiro atoms. The van der Waals surface area contributed by atoms with Crippen molar-refractivity contribution in [3.63, 3.8) is 0 Å². The Bertz CT molecular complexity index is 885. The largest absolute Gasteiger partial charge is 0.478 e. The number of hydrogen-bond donors (Lipinski definition) is 2. The quantitative estimate of drug-likeness (QED) is 0.795. The molecule has 0 aromatic heterocycles. The number of imide groups is 1. The molecule has 1 unspecified atom stereocenters. The van der Waals surface area contributed by atoms with E-state index in [0.717, 1.165) is 4.90 Å². The maximum absolute atomic E-state index is 12.6. The molecule has 2 N–H and O–H groups in total. The fourth-order valence-electron chi connectivity index (χ4n) is 2.59. The summed E-state index contributed by atoms with van der Waals surface area (Å²) in [5.74, 6) is -2.03. The second kappa shape index (κ2) is 6.74. The molecule has 2 aromatic carbocycles. The van der Waals surface area contributed by atoms with Crippen molar-refractivity contribution in [2.75, 3.05) is 10.2 Å². The molecule has 0 bridgehead atoms. The fraction of sp³-hybridized carbons (Fsp3) is 0.118. The van der Waals surface area contributed by atoms with Crippen molar-refractivity contribution in [2.45, 2.75) is 12.5 Å². The van der Waals surface area contributed by atoms with Gasteiger partial charge >= 0.3 is 5.97 Å². The number of nitrogens with one attached hydrogen (secondary N) is 1. The molecule has 0 radical (unpaired) electrons. The van der Waals surface area contributed by atoms with Crippen molar-refractivity contribution in [3.05, 3.63) is 58.1 Å². The first-order valence-corrected chi connectivity index (χ1v) is 8.04. The minimum absolute atomic E-state index is 0.00439. The first-order chi connectivity index (χ1) is 11.9. The average molecular weight is 379 g/mol. The average Bonchev–Trinajstić information content (AvgIpc) is 2.84. The first kappa shape index (κ1) is 17.3. The normalized spacial score (nSPS) is 17.0. The van der Waals surface area contributed by atoms with Gasteiger partial charge in [-0.3, -0.25) is 9.59 Å². The van der Waals surface area contributed by atoms with Crippen molar-refractivity contribution in [3.8, 4) is 0 Å². The molecule has 8 heteroatoms. The number of amides is 2. The van der Waals surface area contributed by atoms with Gasteiger partial charge in [0.25, 0.3) is 5.91 Å². The molecule has 6 nitrogen and oxygen atoms in total. The highest BCUT2D eigenvalue weighted by molar-refractivity contribution is 6.36. The number of carboxylic acids is 1. The number of rotatable bonds is 4. The van der Waals surface area contributed by atoms with Crippen LogP contribution >= 0.6 is 23.2 Å². The number of halogens is 2. The van der Waals surface area contributed by atoms with Gasteiger partial charge in [-0.15, -0.1) is 0 Å². The monoisotopic (exact) mass is 378 g/mol. The lowest BCUT2D eigenvalue weighted by atomic mass is 10.2. The van der Waals surface area contributed by atoms with Crippen molar-refractivity contribution >= 4 is 52.4 Å². The van der Waals surface area contributed by atoms with Crippen molar-refractivity contribution < 1.29 is 19.5 Å². The van der Waals surface area contributed by atoms with Crippen LogP contribution in [-0.2, 0) is 9.59 Å². The van der Waals surface area contributed by atoms with Gasteiger partial charge < -0.3 is 10.4 Å². The van der Waals surface area contributed by atoms with Gasteiger partial charge in [0.1, 0.15) is 6.04 Å². The molecule has 2 amide bonds. The molecule has 0 aliphatic carbocycles. The van der Waals surface area contributed by atoms with E-state index >= 15 is 0 Å². The molecule has 1 aliphatic rings. The van der Waals surface area contributed by atoms with Crippen LogP contribution in [0.5, 0.6) is 0 Å². The highest BCUT2D eigenvalue weighted by Gasteiger charge is 2.40. The maximum atomic E-state index is 12.6. The number of anilines is 2. The van der Waals surface area contributed by atoms with E-state index in [-0.39, 0.29) is 17.7 Å². The van der Waals surface area contributed by atoms with Crippen LogP contribution in [0.4, 0.5) is 11.4 Å². The van der Waals surface area contributed by atoms with Crippen molar-refractivity contribution in [1.82, 2.24) is 0 Å². The third-order valence-electron chi connectivity index (χ3n) is 3.76. The zero-order valence-electron chi connectivity index (χ0n) is 12.7. The van der Waals surface area contributed by atoms with Gasteiger partial charge in [0.15, 0.2) is 0 Å². The third-order valence-corrected chi connectivity index (χ3v) is 4.31. The lowest BCUT2D eigenvalue weighted by molar-refractivity contribution is -0.121. The Hall–Kier alpha value is -2.57. The van der Waals surface area contributed by atoms with Gasteiger partial charge in [-0.1, -0.05) is 29.3 Å². The van der Waals surface area contributed by atoms with Crippen molar-refractivity contribution in [1.29, 1.82) is 0 Å². The number of carbonyl (C=O) groups is 3. The second-order valence-corrected chi connectivity index (χ2v) is 6.29. The summed E-state index contributed by atoms with van der Waals surface area (Å²) < 4.78 is 0. The molecule has 1 saturated heterocycles. The Morgan fingerprint density at radius 1 is 1.16 bits per heavy atom. The molecule has 25 heavy (non-hydrogen) atoms. The zero-order valence-corrected chi connectivity index (χ0v) is 14.2. The van der Waals surface area contributed by atoms with E-state index in [1.165, 1.54) is 30.3 Å². The predicted molar refractivity (Wildman–Crippen MR) is 94.4 cm³/mol. The summed E-state index contributed by atoms with van der Waals surface area (Å²) in [6.45, 7) is 0. The van der Waals surface area contributed by atoms with Crippen LogP contribution < -0.4 is 10.2 Å². The second-order valence-electron chi connectivity index (χ2n) is 5.45. The molecule has 3 rings (SSSR count). The van der Waals surface area contributed by atoms with E-state index in [1.54, 1.807) is 12.1 Å². The molecule has 0 saturated carbocycles. The Morgan fingerprint density at radius 3 is 2.60 bits per heavy atom. The predicted octanol–water partition coefficient (Wildman–Crippen LogP) is 3.44. The van der Waals surface area contributed by atoms with Crippen LogP contribution in [0, 0.1) is 0 Å². The number of aromatic carboxylic acids is 1. The van der Waals surface area contributed by atoms with Gasteiger partial charge in [0.05, 0.1) is 28.4 Å². The van der Waals surface area contributed by atoms with Crippen LogP contribution in [0.3, 0.4) is 0 Å². The molecule has 1 fully saturated rings. The van der Waals surface area contributed by atoms with Crippen LogP contribution in [0.25, 0.3) is 0 Å². The Labute approximate surface area is 153 Å². The van der Waals surface area contributed by atoms with Crippen LogP contribution in [0.2, 0.25) is 10.0 Å². The molecule has 1 aliphatic heterocycles. The Balaban J connectivity index is 1.85. The lowest BCUT2D eigenvalue weighted by Gasteiger charge is -2.17. The maximum Gasteiger partial charge on any atom is 0.335 e. The number of nitrogens with zero attached hydrogens (tertiary/aromatic N) is 1. The fourth-order valence-corrected chi connectivity index (χ4v) is 3.05. The van der Waals surface area contributed by atoms with Gasteiger partial charge in [-0.05, 0) is 36.4 Å². The highest BCUT2D eigenvalue weighted by atomic mass is 35.5. The lowest BCUT2D eigenvalue weighted by Crippen LogP contribution is -2.35. The Morgan fingerprint density at radius 2 is 1.92 bits per heavy atom. The summed E-state index contributed by atoms with van der Waals surface area (Å²) in [6.07, 6.45) is -0.0604. The van der Waals surface area contributed by atoms with Crippen molar-refractivity contribution in [2.24, 2.45) is 0 Å². The minimum atomic E-state index is -1.14. The number of benzene rings is 2. The topological polar surface area (TPSA) is 86.7 Å². The molecule has 2 aromatic rings. The molecular formula is C17H12Cl2N2O4. The van der Waals surface area contributed by atoms with Crippen LogP contribution in [0.15, 0.2) is 42.5 Å². The third kappa shape index (κ3) is 3.45. The summed E-state index contributed by atoms with van der Waals surface area (Å²) in [6, 6.07) is 9.65. The van der Waals surface area contributed by atoms with E-state index in [1.807, 2.05) is 0 Å². The van der Waals surface area contributed by atoms with Gasteiger partial charge in [0.2, 0.25) is 5.91 Å². The van der Waals surface area contributed by atoms with Gasteiger partial charge in [-0.2, -0.15) is 0 Å². The molecule has 1 atom stereocenters.